The van der Waals surface area contributed by atoms with Gasteiger partial charge < -0.3 is 10.1 Å². The average molecular weight is 438 g/mol. The summed E-state index contributed by atoms with van der Waals surface area (Å²) in [7, 11) is 0. The lowest BCUT2D eigenvalue weighted by Gasteiger charge is -2.09. The van der Waals surface area contributed by atoms with Gasteiger partial charge in [-0.15, -0.1) is 16.8 Å². The van der Waals surface area contributed by atoms with Crippen molar-refractivity contribution in [1.29, 1.82) is 0 Å². The second-order valence-electron chi connectivity index (χ2n) is 6.22. The Morgan fingerprint density at radius 3 is 2.77 bits per heavy atom. The van der Waals surface area contributed by atoms with Crippen LogP contribution < -0.4 is 10.1 Å². The van der Waals surface area contributed by atoms with Crippen LogP contribution in [-0.2, 0) is 17.9 Å². The second kappa shape index (κ2) is 9.55. The molecule has 0 atom stereocenters. The summed E-state index contributed by atoms with van der Waals surface area (Å²) < 4.78 is 8.70. The van der Waals surface area contributed by atoms with Crippen molar-refractivity contribution in [1.82, 2.24) is 19.7 Å². The second-order valence-corrected chi connectivity index (χ2v) is 8.20. The number of benzene rings is 2. The van der Waals surface area contributed by atoms with Crippen molar-refractivity contribution in [3.63, 3.8) is 0 Å². The number of ether oxygens (including phenoxy) is 1. The van der Waals surface area contributed by atoms with E-state index in [9.17, 15) is 4.79 Å². The number of thioether (sulfide) groups is 1. The molecule has 2 aromatic heterocycles. The SMILES string of the molecule is C=CCn1c(COc2ccccc2)nnc1SCC(=O)Nc1nc2ccccc2s1. The number of nitrogens with one attached hydrogen (secondary N) is 1. The van der Waals surface area contributed by atoms with Gasteiger partial charge in [-0.1, -0.05) is 59.5 Å². The molecule has 2 heterocycles. The Morgan fingerprint density at radius 2 is 1.97 bits per heavy atom. The van der Waals surface area contributed by atoms with Crippen LogP contribution in [0.3, 0.4) is 0 Å². The standard InChI is InChI=1S/C21H19N5O2S2/c1-2-12-26-18(13-28-15-8-4-3-5-9-15)24-25-21(26)29-14-19(27)23-20-22-16-10-6-7-11-17(16)30-20/h2-11H,1,12-14H2,(H,22,23,27). The molecule has 7 nitrogen and oxygen atoms in total. The van der Waals surface area contributed by atoms with Crippen LogP contribution in [0.1, 0.15) is 5.82 Å². The van der Waals surface area contributed by atoms with Crippen LogP contribution >= 0.6 is 23.1 Å². The molecule has 9 heteroatoms. The number of carbonyl (C=O) groups excluding carboxylic acids is 1. The molecule has 4 aromatic rings. The minimum Gasteiger partial charge on any atom is -0.486 e. The molecule has 0 aliphatic rings. The Hall–Kier alpha value is -3.17. The number of fused-ring (bicyclic) bond motifs is 1. The number of carbonyl (C=O) groups is 1. The van der Waals surface area contributed by atoms with E-state index >= 15 is 0 Å². The normalized spacial score (nSPS) is 10.8. The number of hydrogen-bond donors (Lipinski definition) is 1. The highest BCUT2D eigenvalue weighted by atomic mass is 32.2. The molecule has 0 aliphatic carbocycles. The minimum absolute atomic E-state index is 0.144. The van der Waals surface area contributed by atoms with Gasteiger partial charge in [0.2, 0.25) is 5.91 Å². The highest BCUT2D eigenvalue weighted by Gasteiger charge is 2.15. The summed E-state index contributed by atoms with van der Waals surface area (Å²) in [5, 5.41) is 12.5. The number of anilines is 1. The molecule has 1 amide bonds. The first-order chi connectivity index (χ1) is 14.7. The van der Waals surface area contributed by atoms with E-state index in [0.29, 0.717) is 22.7 Å². The van der Waals surface area contributed by atoms with Crippen LogP contribution in [0.2, 0.25) is 0 Å². The number of para-hydroxylation sites is 2. The van der Waals surface area contributed by atoms with Gasteiger partial charge in [-0.2, -0.15) is 0 Å². The lowest BCUT2D eigenvalue weighted by atomic mass is 10.3. The van der Waals surface area contributed by atoms with Crippen LogP contribution in [0.25, 0.3) is 10.2 Å². The smallest absolute Gasteiger partial charge is 0.236 e. The number of amides is 1. The molecular weight excluding hydrogens is 418 g/mol. The summed E-state index contributed by atoms with van der Waals surface area (Å²) in [5.41, 5.74) is 0.874. The van der Waals surface area contributed by atoms with Gasteiger partial charge in [0.05, 0.1) is 16.0 Å². The fraction of sp³-hybridized carbons (Fsp3) is 0.143. The zero-order valence-corrected chi connectivity index (χ0v) is 17.7. The van der Waals surface area contributed by atoms with Crippen molar-refractivity contribution >= 4 is 44.4 Å². The Balaban J connectivity index is 1.37. The largest absolute Gasteiger partial charge is 0.486 e. The average Bonchev–Trinajstić information content (AvgIpc) is 3.35. The van der Waals surface area contributed by atoms with Gasteiger partial charge in [0, 0.05) is 6.54 Å². The van der Waals surface area contributed by atoms with Crippen molar-refractivity contribution in [3.8, 4) is 5.75 Å². The molecule has 0 radical (unpaired) electrons. The van der Waals surface area contributed by atoms with E-state index in [1.807, 2.05) is 59.2 Å². The van der Waals surface area contributed by atoms with E-state index in [1.54, 1.807) is 6.08 Å². The topological polar surface area (TPSA) is 81.9 Å². The Labute approximate surface area is 181 Å². The number of rotatable bonds is 9. The van der Waals surface area contributed by atoms with Crippen LogP contribution in [0.15, 0.2) is 72.4 Å². The predicted octanol–water partition coefficient (Wildman–Crippen LogP) is 4.38. The summed E-state index contributed by atoms with van der Waals surface area (Å²) >= 11 is 2.77. The number of allylic oxidation sites excluding steroid dienone is 1. The summed E-state index contributed by atoms with van der Waals surface area (Å²) in [6.45, 7) is 4.61. The maximum Gasteiger partial charge on any atom is 0.236 e. The molecule has 152 valence electrons. The first-order valence-electron chi connectivity index (χ1n) is 9.22. The van der Waals surface area contributed by atoms with Crippen LogP contribution in [0.5, 0.6) is 5.75 Å². The van der Waals surface area contributed by atoms with Gasteiger partial charge in [0.15, 0.2) is 16.1 Å². The van der Waals surface area contributed by atoms with Gasteiger partial charge in [-0.05, 0) is 24.3 Å². The maximum absolute atomic E-state index is 12.4. The first kappa shape index (κ1) is 20.1. The fourth-order valence-electron chi connectivity index (χ4n) is 2.72. The zero-order valence-electron chi connectivity index (χ0n) is 16.0. The molecule has 0 fully saturated rings. The number of thiazole rings is 1. The highest BCUT2D eigenvalue weighted by molar-refractivity contribution is 7.99. The van der Waals surface area contributed by atoms with Crippen LogP contribution in [0.4, 0.5) is 5.13 Å². The molecule has 1 N–H and O–H groups in total. The maximum atomic E-state index is 12.4. The number of hydrogen-bond acceptors (Lipinski definition) is 7. The minimum atomic E-state index is -0.144. The molecule has 30 heavy (non-hydrogen) atoms. The quantitative estimate of drug-likeness (QED) is 0.309. The van der Waals surface area contributed by atoms with Gasteiger partial charge in [0.25, 0.3) is 0 Å². The van der Waals surface area contributed by atoms with E-state index in [-0.39, 0.29) is 18.3 Å². The van der Waals surface area contributed by atoms with Gasteiger partial charge in [0.1, 0.15) is 12.4 Å². The fourth-order valence-corrected chi connectivity index (χ4v) is 4.37. The van der Waals surface area contributed by atoms with Gasteiger partial charge >= 0.3 is 0 Å². The van der Waals surface area contributed by atoms with E-state index in [4.69, 9.17) is 4.74 Å². The molecule has 0 bridgehead atoms. The molecule has 2 aromatic carbocycles. The Kier molecular flexibility index (Phi) is 6.41. The number of aromatic nitrogens is 4. The Bertz CT molecular complexity index is 1120. The monoisotopic (exact) mass is 437 g/mol. The van der Waals surface area contributed by atoms with Crippen molar-refractivity contribution < 1.29 is 9.53 Å². The summed E-state index contributed by atoms with van der Waals surface area (Å²) in [4.78, 5) is 16.8. The molecule has 0 spiro atoms. The highest BCUT2D eigenvalue weighted by Crippen LogP contribution is 2.26. The summed E-state index contributed by atoms with van der Waals surface area (Å²) in [5.74, 6) is 1.49. The third-order valence-electron chi connectivity index (χ3n) is 4.09. The third-order valence-corrected chi connectivity index (χ3v) is 6.01. The summed E-state index contributed by atoms with van der Waals surface area (Å²) in [6.07, 6.45) is 1.76. The Morgan fingerprint density at radius 1 is 1.17 bits per heavy atom. The number of nitrogens with zero attached hydrogens (tertiary/aromatic N) is 4. The van der Waals surface area contributed by atoms with Crippen LogP contribution in [0, 0.1) is 0 Å². The molecular formula is C21H19N5O2S2. The molecule has 0 unspecified atom stereocenters. The molecule has 0 saturated heterocycles. The molecule has 4 rings (SSSR count). The van der Waals surface area contributed by atoms with Gasteiger partial charge in [-0.25, -0.2) is 4.98 Å². The third kappa shape index (κ3) is 4.87. The van der Waals surface area contributed by atoms with E-state index in [2.05, 4.69) is 27.1 Å². The lowest BCUT2D eigenvalue weighted by molar-refractivity contribution is -0.113. The van der Waals surface area contributed by atoms with Crippen molar-refractivity contribution in [3.05, 3.63) is 73.1 Å². The van der Waals surface area contributed by atoms with Crippen molar-refractivity contribution in [2.75, 3.05) is 11.1 Å². The van der Waals surface area contributed by atoms with E-state index < -0.39 is 0 Å². The van der Waals surface area contributed by atoms with Gasteiger partial charge in [-0.3, -0.25) is 9.36 Å². The predicted molar refractivity (Wildman–Crippen MR) is 120 cm³/mol. The first-order valence-corrected chi connectivity index (χ1v) is 11.0. The van der Waals surface area contributed by atoms with Crippen molar-refractivity contribution in [2.24, 2.45) is 0 Å². The van der Waals surface area contributed by atoms with E-state index in [1.165, 1.54) is 23.1 Å². The zero-order chi connectivity index (χ0) is 20.8. The lowest BCUT2D eigenvalue weighted by Crippen LogP contribution is -2.14. The van der Waals surface area contributed by atoms with Crippen molar-refractivity contribution in [2.45, 2.75) is 18.3 Å². The molecule has 0 aliphatic heterocycles. The van der Waals surface area contributed by atoms with Crippen LogP contribution in [-0.4, -0.2) is 31.4 Å². The van der Waals surface area contributed by atoms with E-state index in [0.717, 1.165) is 16.0 Å². The molecule has 0 saturated carbocycles. The summed E-state index contributed by atoms with van der Waals surface area (Å²) in [6, 6.07) is 17.3.